The summed E-state index contributed by atoms with van der Waals surface area (Å²) in [6.45, 7) is 9.41. The van der Waals surface area contributed by atoms with Gasteiger partial charge in [-0.3, -0.25) is 4.79 Å². The normalized spacial score (nSPS) is 11.7. The molecule has 0 spiro atoms. The lowest BCUT2D eigenvalue weighted by Gasteiger charge is -2.17. The van der Waals surface area contributed by atoms with Crippen molar-refractivity contribution in [1.29, 1.82) is 0 Å². The number of rotatable bonds is 4. The molecule has 4 nitrogen and oxygen atoms in total. The highest BCUT2D eigenvalue weighted by molar-refractivity contribution is 5.98. The Bertz CT molecular complexity index is 740. The number of benzene rings is 2. The molecule has 0 aliphatic heterocycles. The molecule has 0 fully saturated rings. The van der Waals surface area contributed by atoms with Crippen LogP contribution in [0.4, 0.5) is 5.69 Å². The van der Waals surface area contributed by atoms with Crippen molar-refractivity contribution in [2.75, 3.05) is 5.32 Å². The molecule has 126 valence electrons. The van der Waals surface area contributed by atoms with Gasteiger partial charge in [-0.1, -0.05) is 35.4 Å². The fourth-order valence-electron chi connectivity index (χ4n) is 2.57. The van der Waals surface area contributed by atoms with Gasteiger partial charge in [0.15, 0.2) is 6.10 Å². The first-order valence-corrected chi connectivity index (χ1v) is 7.94. The second kappa shape index (κ2) is 7.30. The van der Waals surface area contributed by atoms with Crippen LogP contribution in [0.5, 0.6) is 0 Å². The lowest BCUT2D eigenvalue weighted by atomic mass is 10.0. The Morgan fingerprint density at radius 3 is 2.00 bits per heavy atom. The van der Waals surface area contributed by atoms with Gasteiger partial charge >= 0.3 is 5.97 Å². The summed E-state index contributed by atoms with van der Waals surface area (Å²) < 4.78 is 5.26. The van der Waals surface area contributed by atoms with Gasteiger partial charge in [0.2, 0.25) is 0 Å². The summed E-state index contributed by atoms with van der Waals surface area (Å²) >= 11 is 0. The molecular formula is C20H23NO3. The third kappa shape index (κ3) is 4.22. The fourth-order valence-corrected chi connectivity index (χ4v) is 2.57. The van der Waals surface area contributed by atoms with Gasteiger partial charge in [-0.25, -0.2) is 4.79 Å². The van der Waals surface area contributed by atoms with E-state index < -0.39 is 12.1 Å². The summed E-state index contributed by atoms with van der Waals surface area (Å²) in [7, 11) is 0. The Morgan fingerprint density at radius 1 is 0.917 bits per heavy atom. The lowest BCUT2D eigenvalue weighted by molar-refractivity contribution is -0.123. The highest BCUT2D eigenvalue weighted by Crippen LogP contribution is 2.22. The summed E-state index contributed by atoms with van der Waals surface area (Å²) in [5.41, 5.74) is 5.37. The van der Waals surface area contributed by atoms with Crippen LogP contribution in [0.25, 0.3) is 0 Å². The molecule has 1 atom stereocenters. The van der Waals surface area contributed by atoms with E-state index in [2.05, 4.69) is 5.32 Å². The van der Waals surface area contributed by atoms with Crippen molar-refractivity contribution < 1.29 is 14.3 Å². The minimum Gasteiger partial charge on any atom is -0.449 e. The number of nitrogens with one attached hydrogen (secondary N) is 1. The van der Waals surface area contributed by atoms with Crippen LogP contribution in [0, 0.1) is 27.7 Å². The molecule has 1 unspecified atom stereocenters. The number of aryl methyl sites for hydroxylation is 4. The van der Waals surface area contributed by atoms with Crippen molar-refractivity contribution in [3.63, 3.8) is 0 Å². The fraction of sp³-hybridized carbons (Fsp3) is 0.300. The third-order valence-corrected chi connectivity index (χ3v) is 3.87. The van der Waals surface area contributed by atoms with E-state index in [4.69, 9.17) is 4.74 Å². The average molecular weight is 325 g/mol. The zero-order valence-electron chi connectivity index (χ0n) is 14.8. The van der Waals surface area contributed by atoms with Gasteiger partial charge in [0.1, 0.15) is 0 Å². The van der Waals surface area contributed by atoms with Crippen molar-refractivity contribution in [3.05, 3.63) is 64.2 Å². The number of hydrogen-bond donors (Lipinski definition) is 1. The summed E-state index contributed by atoms with van der Waals surface area (Å²) in [5.74, 6) is -0.847. The van der Waals surface area contributed by atoms with Gasteiger partial charge in [-0.2, -0.15) is 0 Å². The predicted molar refractivity (Wildman–Crippen MR) is 95.3 cm³/mol. The molecule has 4 heteroatoms. The standard InChI is InChI=1S/C20H23NO3/c1-12-6-8-17(9-7-12)20(23)24-16(5)19(22)21-18-14(3)10-13(2)11-15(18)4/h6-11,16H,1-5H3,(H,21,22). The van der Waals surface area contributed by atoms with E-state index in [0.717, 1.165) is 27.9 Å². The largest absolute Gasteiger partial charge is 0.449 e. The molecule has 24 heavy (non-hydrogen) atoms. The summed E-state index contributed by atoms with van der Waals surface area (Å²) in [4.78, 5) is 24.4. The van der Waals surface area contributed by atoms with Gasteiger partial charge in [-0.15, -0.1) is 0 Å². The summed E-state index contributed by atoms with van der Waals surface area (Å²) in [5, 5.41) is 2.86. The first-order chi connectivity index (χ1) is 11.3. The number of ether oxygens (including phenoxy) is 1. The van der Waals surface area contributed by atoms with Gasteiger partial charge in [0.25, 0.3) is 5.91 Å². The van der Waals surface area contributed by atoms with E-state index in [-0.39, 0.29) is 5.91 Å². The van der Waals surface area contributed by atoms with E-state index in [9.17, 15) is 9.59 Å². The number of amides is 1. The first kappa shape index (κ1) is 17.7. The van der Waals surface area contributed by atoms with Crippen molar-refractivity contribution in [3.8, 4) is 0 Å². The minimum atomic E-state index is -0.876. The molecule has 0 saturated heterocycles. The molecule has 0 aromatic heterocycles. The summed E-state index contributed by atoms with van der Waals surface area (Å²) in [6, 6.07) is 11.1. The molecule has 0 aliphatic carbocycles. The van der Waals surface area contributed by atoms with Crippen molar-refractivity contribution in [2.24, 2.45) is 0 Å². The van der Waals surface area contributed by atoms with Crippen LogP contribution >= 0.6 is 0 Å². The number of hydrogen-bond acceptors (Lipinski definition) is 3. The van der Waals surface area contributed by atoms with E-state index in [1.165, 1.54) is 0 Å². The van der Waals surface area contributed by atoms with Gasteiger partial charge in [0, 0.05) is 5.69 Å². The van der Waals surface area contributed by atoms with Crippen molar-refractivity contribution in [1.82, 2.24) is 0 Å². The van der Waals surface area contributed by atoms with Crippen LogP contribution in [-0.2, 0) is 9.53 Å². The number of carbonyl (C=O) groups excluding carboxylic acids is 2. The smallest absolute Gasteiger partial charge is 0.338 e. The molecule has 0 radical (unpaired) electrons. The Labute approximate surface area is 142 Å². The minimum absolute atomic E-state index is 0.342. The highest BCUT2D eigenvalue weighted by Gasteiger charge is 2.20. The lowest BCUT2D eigenvalue weighted by Crippen LogP contribution is -2.30. The quantitative estimate of drug-likeness (QED) is 0.861. The molecule has 1 N–H and O–H groups in total. The topological polar surface area (TPSA) is 55.4 Å². The molecule has 2 aromatic rings. The molecule has 2 aromatic carbocycles. The Kier molecular flexibility index (Phi) is 5.39. The van der Waals surface area contributed by atoms with Gasteiger partial charge in [-0.05, 0) is 57.9 Å². The molecule has 0 heterocycles. The maximum absolute atomic E-state index is 12.3. The molecule has 0 saturated carbocycles. The number of anilines is 1. The average Bonchev–Trinajstić information content (AvgIpc) is 2.51. The molecule has 2 rings (SSSR count). The van der Waals surface area contributed by atoms with Crippen LogP contribution in [-0.4, -0.2) is 18.0 Å². The van der Waals surface area contributed by atoms with Crippen molar-refractivity contribution in [2.45, 2.75) is 40.7 Å². The Morgan fingerprint density at radius 2 is 1.46 bits per heavy atom. The van der Waals surface area contributed by atoms with E-state index in [0.29, 0.717) is 5.56 Å². The van der Waals surface area contributed by atoms with Crippen LogP contribution in [0.2, 0.25) is 0 Å². The number of esters is 1. The Hall–Kier alpha value is -2.62. The SMILES string of the molecule is Cc1ccc(C(=O)OC(C)C(=O)Nc2c(C)cc(C)cc2C)cc1. The van der Waals surface area contributed by atoms with Crippen LogP contribution < -0.4 is 5.32 Å². The molecular weight excluding hydrogens is 302 g/mol. The van der Waals surface area contributed by atoms with E-state index >= 15 is 0 Å². The van der Waals surface area contributed by atoms with Gasteiger partial charge in [0.05, 0.1) is 5.56 Å². The summed E-state index contributed by atoms with van der Waals surface area (Å²) in [6.07, 6.45) is -0.876. The third-order valence-electron chi connectivity index (χ3n) is 3.87. The first-order valence-electron chi connectivity index (χ1n) is 7.94. The van der Waals surface area contributed by atoms with E-state index in [1.807, 2.05) is 52.0 Å². The maximum Gasteiger partial charge on any atom is 0.338 e. The monoisotopic (exact) mass is 325 g/mol. The van der Waals surface area contributed by atoms with E-state index in [1.54, 1.807) is 19.1 Å². The number of carbonyl (C=O) groups is 2. The van der Waals surface area contributed by atoms with Crippen LogP contribution in [0.3, 0.4) is 0 Å². The second-order valence-corrected chi connectivity index (χ2v) is 6.18. The van der Waals surface area contributed by atoms with Crippen molar-refractivity contribution >= 4 is 17.6 Å². The van der Waals surface area contributed by atoms with Crippen LogP contribution in [0.1, 0.15) is 39.5 Å². The molecule has 0 bridgehead atoms. The Balaban J connectivity index is 2.05. The highest BCUT2D eigenvalue weighted by atomic mass is 16.5. The second-order valence-electron chi connectivity index (χ2n) is 6.18. The maximum atomic E-state index is 12.3. The molecule has 1 amide bonds. The predicted octanol–water partition coefficient (Wildman–Crippen LogP) is 4.10. The van der Waals surface area contributed by atoms with Gasteiger partial charge < -0.3 is 10.1 Å². The zero-order valence-corrected chi connectivity index (χ0v) is 14.8. The molecule has 0 aliphatic rings. The van der Waals surface area contributed by atoms with Crippen LogP contribution in [0.15, 0.2) is 36.4 Å². The zero-order chi connectivity index (χ0) is 17.9.